The molecule has 0 saturated carbocycles. The number of benzene rings is 2. The number of aromatic hydroxyl groups is 4. The molecule has 7 heteroatoms. The van der Waals surface area contributed by atoms with Crippen LogP contribution in [0.15, 0.2) is 24.3 Å². The third-order valence-electron chi connectivity index (χ3n) is 4.67. The number of hydrogen-bond donors (Lipinski definition) is 5. The Hall–Kier alpha value is -2.93. The second-order valence-corrected chi connectivity index (χ2v) is 7.38. The van der Waals surface area contributed by atoms with Crippen molar-refractivity contribution in [3.63, 3.8) is 0 Å². The smallest absolute Gasteiger partial charge is 0.181 e. The molecule has 1 atom stereocenters. The molecule has 0 fully saturated rings. The van der Waals surface area contributed by atoms with Gasteiger partial charge in [0.05, 0.1) is 11.5 Å². The topological polar surface area (TPSA) is 127 Å². The predicted octanol–water partition coefficient (Wildman–Crippen LogP) is 2.57. The van der Waals surface area contributed by atoms with Crippen LogP contribution in [0.4, 0.5) is 0 Å². The first kappa shape index (κ1) is 18.8. The quantitative estimate of drug-likeness (QED) is 0.556. The number of hydrogen-bond acceptors (Lipinski definition) is 7. The highest BCUT2D eigenvalue weighted by atomic mass is 16.5. The van der Waals surface area contributed by atoms with Crippen molar-refractivity contribution in [1.29, 1.82) is 0 Å². The number of ketones is 1. The molecule has 0 aliphatic carbocycles. The standard InChI is InChI=1S/C20H22O7/c1-20(2,26)6-5-12-15(23)8-16(24)17-18(25)13(9-27-19(12)17)11-4-3-10(21)7-14(11)22/h3-4,7-8,13,21-24,26H,5-6,9H2,1-2H3. The summed E-state index contributed by atoms with van der Waals surface area (Å²) in [5.74, 6) is -2.24. The van der Waals surface area contributed by atoms with Crippen LogP contribution in [0.5, 0.6) is 28.7 Å². The van der Waals surface area contributed by atoms with Gasteiger partial charge in [0.1, 0.15) is 40.9 Å². The molecular weight excluding hydrogens is 352 g/mol. The van der Waals surface area contributed by atoms with E-state index in [0.717, 1.165) is 12.1 Å². The maximum Gasteiger partial charge on any atom is 0.181 e. The zero-order chi connectivity index (χ0) is 19.9. The first-order chi connectivity index (χ1) is 12.6. The Bertz CT molecular complexity index is 896. The Morgan fingerprint density at radius 2 is 1.78 bits per heavy atom. The summed E-state index contributed by atoms with van der Waals surface area (Å²) < 4.78 is 5.71. The van der Waals surface area contributed by atoms with Gasteiger partial charge in [-0.05, 0) is 32.8 Å². The molecular formula is C20H22O7. The highest BCUT2D eigenvalue weighted by Gasteiger charge is 2.36. The molecule has 7 nitrogen and oxygen atoms in total. The molecule has 27 heavy (non-hydrogen) atoms. The van der Waals surface area contributed by atoms with Gasteiger partial charge in [-0.1, -0.05) is 6.07 Å². The van der Waals surface area contributed by atoms with Crippen molar-refractivity contribution in [2.24, 2.45) is 0 Å². The molecule has 144 valence electrons. The zero-order valence-electron chi connectivity index (χ0n) is 15.1. The fraction of sp³-hybridized carbons (Fsp3) is 0.350. The summed E-state index contributed by atoms with van der Waals surface area (Å²) in [4.78, 5) is 13.0. The molecule has 0 aromatic heterocycles. The number of carbonyl (C=O) groups excluding carboxylic acids is 1. The third kappa shape index (κ3) is 3.64. The largest absolute Gasteiger partial charge is 0.508 e. The van der Waals surface area contributed by atoms with Crippen molar-refractivity contribution in [3.05, 3.63) is 41.0 Å². The van der Waals surface area contributed by atoms with E-state index in [0.29, 0.717) is 12.0 Å². The number of rotatable bonds is 4. The Morgan fingerprint density at radius 1 is 1.07 bits per heavy atom. The van der Waals surface area contributed by atoms with E-state index in [9.17, 15) is 30.3 Å². The van der Waals surface area contributed by atoms with Crippen molar-refractivity contribution in [3.8, 4) is 28.7 Å². The van der Waals surface area contributed by atoms with E-state index in [1.165, 1.54) is 12.1 Å². The molecule has 0 amide bonds. The van der Waals surface area contributed by atoms with Gasteiger partial charge >= 0.3 is 0 Å². The van der Waals surface area contributed by atoms with Crippen molar-refractivity contribution >= 4 is 5.78 Å². The second-order valence-electron chi connectivity index (χ2n) is 7.38. The maximum absolute atomic E-state index is 13.0. The van der Waals surface area contributed by atoms with E-state index in [1.807, 2.05) is 0 Å². The molecule has 1 aliphatic heterocycles. The summed E-state index contributed by atoms with van der Waals surface area (Å²) in [5.41, 5.74) is -0.432. The van der Waals surface area contributed by atoms with Gasteiger partial charge in [-0.2, -0.15) is 0 Å². The second kappa shape index (κ2) is 6.66. The number of Topliss-reactive ketones (excluding diaryl/α,β-unsaturated/α-hetero) is 1. The van der Waals surface area contributed by atoms with Crippen molar-refractivity contribution < 1.29 is 35.1 Å². The van der Waals surface area contributed by atoms with Crippen LogP contribution in [0.25, 0.3) is 0 Å². The number of ether oxygens (including phenoxy) is 1. The lowest BCUT2D eigenvalue weighted by atomic mass is 9.85. The van der Waals surface area contributed by atoms with Crippen LogP contribution in [0.2, 0.25) is 0 Å². The minimum absolute atomic E-state index is 0.0673. The van der Waals surface area contributed by atoms with E-state index in [-0.39, 0.29) is 47.2 Å². The van der Waals surface area contributed by atoms with Crippen LogP contribution in [-0.2, 0) is 6.42 Å². The Balaban J connectivity index is 2.02. The van der Waals surface area contributed by atoms with Crippen LogP contribution >= 0.6 is 0 Å². The summed E-state index contributed by atoms with van der Waals surface area (Å²) in [5, 5.41) is 49.8. The number of carbonyl (C=O) groups is 1. The van der Waals surface area contributed by atoms with Gasteiger partial charge in [0.15, 0.2) is 5.78 Å². The van der Waals surface area contributed by atoms with E-state index in [2.05, 4.69) is 0 Å². The van der Waals surface area contributed by atoms with Gasteiger partial charge in [0, 0.05) is 23.3 Å². The van der Waals surface area contributed by atoms with Gasteiger partial charge in [-0.25, -0.2) is 0 Å². The molecule has 0 radical (unpaired) electrons. The molecule has 5 N–H and O–H groups in total. The van der Waals surface area contributed by atoms with E-state index < -0.39 is 23.1 Å². The molecule has 0 bridgehead atoms. The SMILES string of the molecule is CC(C)(O)CCc1c(O)cc(O)c2c1OCC(c1ccc(O)cc1O)C2=O. The van der Waals surface area contributed by atoms with Gasteiger partial charge in [0.2, 0.25) is 0 Å². The van der Waals surface area contributed by atoms with Gasteiger partial charge in [-0.15, -0.1) is 0 Å². The monoisotopic (exact) mass is 374 g/mol. The zero-order valence-corrected chi connectivity index (χ0v) is 15.1. The highest BCUT2D eigenvalue weighted by Crippen LogP contribution is 2.45. The minimum atomic E-state index is -0.976. The lowest BCUT2D eigenvalue weighted by Gasteiger charge is -2.28. The fourth-order valence-electron chi connectivity index (χ4n) is 3.22. The van der Waals surface area contributed by atoms with Crippen LogP contribution in [-0.4, -0.2) is 43.5 Å². The molecule has 1 heterocycles. The Morgan fingerprint density at radius 3 is 2.41 bits per heavy atom. The third-order valence-corrected chi connectivity index (χ3v) is 4.67. The first-order valence-corrected chi connectivity index (χ1v) is 8.57. The van der Waals surface area contributed by atoms with E-state index in [4.69, 9.17) is 4.74 Å². The molecule has 0 saturated heterocycles. The average Bonchev–Trinajstić information content (AvgIpc) is 2.54. The van der Waals surface area contributed by atoms with Crippen LogP contribution in [0.3, 0.4) is 0 Å². The molecule has 2 aromatic carbocycles. The van der Waals surface area contributed by atoms with Crippen LogP contribution in [0.1, 0.15) is 47.7 Å². The van der Waals surface area contributed by atoms with Gasteiger partial charge < -0.3 is 30.3 Å². The normalized spacial score (nSPS) is 16.7. The first-order valence-electron chi connectivity index (χ1n) is 8.57. The van der Waals surface area contributed by atoms with Crippen LogP contribution < -0.4 is 4.74 Å². The number of aliphatic hydroxyl groups is 1. The summed E-state index contributed by atoms with van der Waals surface area (Å²) in [6, 6.07) is 4.99. The Kier molecular flexibility index (Phi) is 4.65. The van der Waals surface area contributed by atoms with Crippen LogP contribution in [0, 0.1) is 0 Å². The van der Waals surface area contributed by atoms with Crippen molar-refractivity contribution in [1.82, 2.24) is 0 Å². The molecule has 1 aliphatic rings. The van der Waals surface area contributed by atoms with Gasteiger partial charge in [0.25, 0.3) is 0 Å². The fourth-order valence-corrected chi connectivity index (χ4v) is 3.22. The molecule has 1 unspecified atom stereocenters. The summed E-state index contributed by atoms with van der Waals surface area (Å²) in [6.45, 7) is 3.17. The van der Waals surface area contributed by atoms with Crippen molar-refractivity contribution in [2.45, 2.75) is 38.2 Å². The number of phenols is 4. The Labute approximate surface area is 156 Å². The van der Waals surface area contributed by atoms with Gasteiger partial charge in [-0.3, -0.25) is 4.79 Å². The maximum atomic E-state index is 13.0. The lowest BCUT2D eigenvalue weighted by Crippen LogP contribution is -2.27. The highest BCUT2D eigenvalue weighted by molar-refractivity contribution is 6.07. The van der Waals surface area contributed by atoms with Crippen molar-refractivity contribution in [2.75, 3.05) is 6.61 Å². The van der Waals surface area contributed by atoms with E-state index in [1.54, 1.807) is 13.8 Å². The molecule has 0 spiro atoms. The minimum Gasteiger partial charge on any atom is -0.508 e. The predicted molar refractivity (Wildman–Crippen MR) is 96.7 cm³/mol. The summed E-state index contributed by atoms with van der Waals surface area (Å²) in [7, 11) is 0. The molecule has 3 rings (SSSR count). The molecule has 2 aromatic rings. The number of fused-ring (bicyclic) bond motifs is 1. The lowest BCUT2D eigenvalue weighted by molar-refractivity contribution is 0.0709. The van der Waals surface area contributed by atoms with E-state index >= 15 is 0 Å². The summed E-state index contributed by atoms with van der Waals surface area (Å²) in [6.07, 6.45) is 0.567. The summed E-state index contributed by atoms with van der Waals surface area (Å²) >= 11 is 0. The average molecular weight is 374 g/mol. The number of phenolic OH excluding ortho intramolecular Hbond substituents is 4.